The molecule has 2 aromatic rings. The highest BCUT2D eigenvalue weighted by Gasteiger charge is 2.08. The summed E-state index contributed by atoms with van der Waals surface area (Å²) in [5, 5.41) is 0. The lowest BCUT2D eigenvalue weighted by Crippen LogP contribution is -2.42. The number of carbonyl (C=O) groups is 4. The molecule has 31 heavy (non-hydrogen) atoms. The molecule has 2 heterocycles. The number of aromatic nitrogens is 2. The third-order valence-electron chi connectivity index (χ3n) is 3.36. The molecule has 0 saturated carbocycles. The van der Waals surface area contributed by atoms with Crippen LogP contribution in [0.4, 0.5) is 9.59 Å². The third-order valence-corrected chi connectivity index (χ3v) is 3.36. The lowest BCUT2D eigenvalue weighted by atomic mass is 10.3. The number of amides is 4. The fraction of sp³-hybridized carbons (Fsp3) is 0.222. The second-order valence-corrected chi connectivity index (χ2v) is 5.51. The average molecular weight is 432 g/mol. The summed E-state index contributed by atoms with van der Waals surface area (Å²) in [6, 6.07) is 5.92. The van der Waals surface area contributed by atoms with Gasteiger partial charge in [-0.25, -0.2) is 20.4 Å². The van der Waals surface area contributed by atoms with Crippen LogP contribution in [0.3, 0.4) is 0 Å². The molecular formula is C18H20N6O7. The number of pyridine rings is 2. The van der Waals surface area contributed by atoms with Crippen molar-refractivity contribution < 1.29 is 33.4 Å². The van der Waals surface area contributed by atoms with Gasteiger partial charge in [-0.05, 0) is 24.3 Å². The molecule has 2 aromatic heterocycles. The summed E-state index contributed by atoms with van der Waals surface area (Å²) in [5.74, 6) is -1.05. The molecule has 0 saturated heterocycles. The Labute approximate surface area is 176 Å². The molecule has 13 nitrogen and oxygen atoms in total. The van der Waals surface area contributed by atoms with Crippen molar-refractivity contribution in [2.75, 3.05) is 26.4 Å². The maximum Gasteiger partial charge on any atom is 0.426 e. The van der Waals surface area contributed by atoms with E-state index in [1.807, 2.05) is 0 Å². The van der Waals surface area contributed by atoms with Gasteiger partial charge >= 0.3 is 12.2 Å². The van der Waals surface area contributed by atoms with E-state index in [2.05, 4.69) is 31.7 Å². The van der Waals surface area contributed by atoms with Gasteiger partial charge in [-0.3, -0.25) is 30.4 Å². The molecule has 0 bridgehead atoms. The Kier molecular flexibility index (Phi) is 9.70. The Bertz CT molecular complexity index is 795. The minimum absolute atomic E-state index is 0.0372. The first-order valence-corrected chi connectivity index (χ1v) is 8.90. The summed E-state index contributed by atoms with van der Waals surface area (Å²) in [6.45, 7) is -0.110. The number of hydrazine groups is 2. The lowest BCUT2D eigenvalue weighted by molar-refractivity contribution is 0.0436. The maximum absolute atomic E-state index is 11.7. The normalized spacial score (nSPS) is 9.81. The molecule has 0 radical (unpaired) electrons. The molecule has 2 rings (SSSR count). The van der Waals surface area contributed by atoms with E-state index in [-0.39, 0.29) is 26.4 Å². The standard InChI is InChI=1S/C18H20N6O7/c25-15(13-1-5-19-6-2-13)21-23-17(27)30-11-9-29-10-12-31-18(28)24-22-16(26)14-3-7-20-8-4-14/h1-8H,9-12H2,(H,21,25)(H,22,26)(H,23,27)(H,24,28). The predicted molar refractivity (Wildman–Crippen MR) is 103 cm³/mol. The molecule has 0 aliphatic carbocycles. The largest absolute Gasteiger partial charge is 0.446 e. The van der Waals surface area contributed by atoms with Crippen LogP contribution in [0.1, 0.15) is 20.7 Å². The average Bonchev–Trinajstić information content (AvgIpc) is 2.81. The molecule has 0 aliphatic rings. The second kappa shape index (κ2) is 13.1. The molecule has 0 spiro atoms. The molecule has 0 fully saturated rings. The van der Waals surface area contributed by atoms with E-state index >= 15 is 0 Å². The van der Waals surface area contributed by atoms with E-state index in [9.17, 15) is 19.2 Å². The molecule has 164 valence electrons. The van der Waals surface area contributed by atoms with E-state index in [0.29, 0.717) is 11.1 Å². The molecular weight excluding hydrogens is 412 g/mol. The van der Waals surface area contributed by atoms with Crippen LogP contribution in [-0.4, -0.2) is 60.4 Å². The Hall–Kier alpha value is -4.26. The van der Waals surface area contributed by atoms with Crippen molar-refractivity contribution in [3.63, 3.8) is 0 Å². The molecule has 0 aliphatic heterocycles. The smallest absolute Gasteiger partial charge is 0.426 e. The van der Waals surface area contributed by atoms with Crippen molar-refractivity contribution in [1.82, 2.24) is 31.7 Å². The number of hydrogen-bond donors (Lipinski definition) is 4. The van der Waals surface area contributed by atoms with Crippen molar-refractivity contribution in [2.45, 2.75) is 0 Å². The quantitative estimate of drug-likeness (QED) is 0.329. The number of hydrogen-bond acceptors (Lipinski definition) is 9. The monoisotopic (exact) mass is 432 g/mol. The van der Waals surface area contributed by atoms with E-state index in [1.165, 1.54) is 49.1 Å². The maximum atomic E-state index is 11.7. The van der Waals surface area contributed by atoms with Crippen molar-refractivity contribution in [1.29, 1.82) is 0 Å². The summed E-state index contributed by atoms with van der Waals surface area (Å²) >= 11 is 0. The van der Waals surface area contributed by atoms with Gasteiger partial charge in [0, 0.05) is 35.9 Å². The molecule has 4 amide bonds. The Morgan fingerprint density at radius 3 is 1.39 bits per heavy atom. The first kappa shape index (κ1) is 23.0. The van der Waals surface area contributed by atoms with Gasteiger partial charge < -0.3 is 14.2 Å². The topological polar surface area (TPSA) is 170 Å². The number of nitrogens with one attached hydrogen (secondary N) is 4. The lowest BCUT2D eigenvalue weighted by Gasteiger charge is -2.10. The molecule has 4 N–H and O–H groups in total. The minimum Gasteiger partial charge on any atom is -0.446 e. The van der Waals surface area contributed by atoms with Crippen molar-refractivity contribution in [2.24, 2.45) is 0 Å². The van der Waals surface area contributed by atoms with Crippen LogP contribution < -0.4 is 21.7 Å². The van der Waals surface area contributed by atoms with Crippen molar-refractivity contribution in [3.8, 4) is 0 Å². The first-order valence-electron chi connectivity index (χ1n) is 8.90. The molecule has 0 unspecified atom stereocenters. The number of ether oxygens (including phenoxy) is 3. The summed E-state index contributed by atoms with van der Waals surface area (Å²) in [4.78, 5) is 53.9. The SMILES string of the molecule is O=C(NNC(=O)c1ccncc1)OCCOCCOC(=O)NNC(=O)c1ccncc1. The fourth-order valence-corrected chi connectivity index (χ4v) is 1.93. The van der Waals surface area contributed by atoms with Gasteiger partial charge in [-0.1, -0.05) is 0 Å². The number of nitrogens with zero attached hydrogens (tertiary/aromatic N) is 2. The third kappa shape index (κ3) is 9.19. The zero-order valence-electron chi connectivity index (χ0n) is 16.2. The first-order chi connectivity index (χ1) is 15.1. The van der Waals surface area contributed by atoms with Crippen LogP contribution in [0.15, 0.2) is 49.1 Å². The van der Waals surface area contributed by atoms with Crippen molar-refractivity contribution >= 4 is 24.0 Å². The van der Waals surface area contributed by atoms with Crippen LogP contribution in [0, 0.1) is 0 Å². The Morgan fingerprint density at radius 2 is 1.00 bits per heavy atom. The molecule has 13 heteroatoms. The zero-order valence-corrected chi connectivity index (χ0v) is 16.2. The Balaban J connectivity index is 1.45. The van der Waals surface area contributed by atoms with Gasteiger partial charge in [0.2, 0.25) is 0 Å². The highest BCUT2D eigenvalue weighted by atomic mass is 16.6. The highest BCUT2D eigenvalue weighted by molar-refractivity contribution is 5.95. The number of carbonyl (C=O) groups excluding carboxylic acids is 4. The fourth-order valence-electron chi connectivity index (χ4n) is 1.93. The predicted octanol–water partition coefficient (Wildman–Crippen LogP) is -0.0646. The van der Waals surface area contributed by atoms with Gasteiger partial charge in [0.1, 0.15) is 13.2 Å². The van der Waals surface area contributed by atoms with Crippen molar-refractivity contribution in [3.05, 3.63) is 60.2 Å². The minimum atomic E-state index is -0.869. The van der Waals surface area contributed by atoms with Gasteiger partial charge in [0.15, 0.2) is 0 Å². The van der Waals surface area contributed by atoms with Crippen LogP contribution in [-0.2, 0) is 14.2 Å². The summed E-state index contributed by atoms with van der Waals surface area (Å²) < 4.78 is 14.7. The van der Waals surface area contributed by atoms with Gasteiger partial charge in [-0.15, -0.1) is 0 Å². The van der Waals surface area contributed by atoms with Crippen LogP contribution in [0.2, 0.25) is 0 Å². The molecule has 0 atom stereocenters. The Morgan fingerprint density at radius 1 is 0.613 bits per heavy atom. The summed E-state index contributed by atoms with van der Waals surface area (Å²) in [7, 11) is 0. The van der Waals surface area contributed by atoms with E-state index in [0.717, 1.165) is 0 Å². The van der Waals surface area contributed by atoms with Crippen LogP contribution in [0.5, 0.6) is 0 Å². The highest BCUT2D eigenvalue weighted by Crippen LogP contribution is 1.95. The van der Waals surface area contributed by atoms with Crippen LogP contribution in [0.25, 0.3) is 0 Å². The second-order valence-electron chi connectivity index (χ2n) is 5.51. The van der Waals surface area contributed by atoms with E-state index in [1.54, 1.807) is 0 Å². The van der Waals surface area contributed by atoms with Gasteiger partial charge in [-0.2, -0.15) is 0 Å². The molecule has 0 aromatic carbocycles. The van der Waals surface area contributed by atoms with Gasteiger partial charge in [0.05, 0.1) is 13.2 Å². The van der Waals surface area contributed by atoms with E-state index in [4.69, 9.17) is 14.2 Å². The van der Waals surface area contributed by atoms with Gasteiger partial charge in [0.25, 0.3) is 11.8 Å². The summed E-state index contributed by atoms with van der Waals surface area (Å²) in [6.07, 6.45) is 4.03. The van der Waals surface area contributed by atoms with Crippen LogP contribution >= 0.6 is 0 Å². The zero-order chi connectivity index (χ0) is 22.3. The number of rotatable bonds is 8. The summed E-state index contributed by atoms with van der Waals surface area (Å²) in [5.41, 5.74) is 9.15. The van der Waals surface area contributed by atoms with E-state index < -0.39 is 24.0 Å².